The average Bonchev–Trinajstić information content (AvgIpc) is 3.06. The monoisotopic (exact) mass is 462 g/mol. The van der Waals surface area contributed by atoms with E-state index in [0.717, 1.165) is 17.0 Å². The molecule has 0 unspecified atom stereocenters. The molecule has 1 saturated carbocycles. The lowest BCUT2D eigenvalue weighted by Crippen LogP contribution is -2.37. The Labute approximate surface area is 192 Å². The van der Waals surface area contributed by atoms with Crippen molar-refractivity contribution in [1.82, 2.24) is 14.9 Å². The second-order valence-corrected chi connectivity index (χ2v) is 9.28. The third-order valence-electron chi connectivity index (χ3n) is 6.19. The Bertz CT molecular complexity index is 1030. The molecule has 0 bridgehead atoms. The molecule has 1 aromatic heterocycles. The molecule has 8 heteroatoms. The molecular formula is C23H28Cl2N4O2. The molecule has 2 aliphatic rings. The molecule has 1 amide bonds. The summed E-state index contributed by atoms with van der Waals surface area (Å²) in [4.78, 5) is 30.3. The Kier molecular flexibility index (Phi) is 6.77. The van der Waals surface area contributed by atoms with E-state index in [1.807, 2.05) is 25.1 Å². The number of benzene rings is 1. The lowest BCUT2D eigenvalue weighted by molar-refractivity contribution is -0.121. The Balaban J connectivity index is 1.55. The van der Waals surface area contributed by atoms with Gasteiger partial charge in [-0.15, -0.1) is 0 Å². The molecule has 4 rings (SSSR count). The molecule has 166 valence electrons. The van der Waals surface area contributed by atoms with Gasteiger partial charge in [0.05, 0.1) is 5.69 Å². The number of imidazole rings is 1. The first-order chi connectivity index (χ1) is 14.9. The second-order valence-electron chi connectivity index (χ2n) is 8.40. The van der Waals surface area contributed by atoms with Crippen molar-refractivity contribution in [2.45, 2.75) is 45.6 Å². The molecule has 2 heterocycles. The Hall–Kier alpha value is -2.18. The summed E-state index contributed by atoms with van der Waals surface area (Å²) < 4.78 is 1.53. The van der Waals surface area contributed by atoms with E-state index in [2.05, 4.69) is 15.2 Å². The third kappa shape index (κ3) is 5.01. The van der Waals surface area contributed by atoms with Gasteiger partial charge in [-0.25, -0.2) is 4.79 Å². The van der Waals surface area contributed by atoms with Crippen LogP contribution in [-0.4, -0.2) is 35.1 Å². The van der Waals surface area contributed by atoms with Crippen LogP contribution in [0.3, 0.4) is 0 Å². The van der Waals surface area contributed by atoms with Gasteiger partial charge in [0.25, 0.3) is 0 Å². The van der Waals surface area contributed by atoms with Crippen molar-refractivity contribution in [1.29, 1.82) is 0 Å². The molecule has 0 atom stereocenters. The highest BCUT2D eigenvalue weighted by Gasteiger charge is 2.26. The number of fused-ring (bicyclic) bond motifs is 1. The molecular weight excluding hydrogens is 435 g/mol. The largest absolute Gasteiger partial charge is 0.354 e. The van der Waals surface area contributed by atoms with Gasteiger partial charge in [0.15, 0.2) is 0 Å². The minimum Gasteiger partial charge on any atom is -0.354 e. The number of nitrogens with zero attached hydrogens (tertiary/aromatic N) is 2. The first kappa shape index (κ1) is 22.0. The predicted molar refractivity (Wildman–Crippen MR) is 127 cm³/mol. The van der Waals surface area contributed by atoms with Gasteiger partial charge in [-0.2, -0.15) is 0 Å². The summed E-state index contributed by atoms with van der Waals surface area (Å²) in [5.74, 6) is 1.18. The zero-order valence-electron chi connectivity index (χ0n) is 17.7. The third-order valence-corrected chi connectivity index (χ3v) is 6.63. The number of hydrogen-bond acceptors (Lipinski definition) is 3. The molecule has 0 saturated heterocycles. The van der Waals surface area contributed by atoms with Crippen LogP contribution < -0.4 is 15.9 Å². The Morgan fingerprint density at radius 1 is 1.16 bits per heavy atom. The summed E-state index contributed by atoms with van der Waals surface area (Å²) in [7, 11) is 0. The van der Waals surface area contributed by atoms with Crippen LogP contribution in [0.25, 0.3) is 11.6 Å². The van der Waals surface area contributed by atoms with E-state index >= 15 is 0 Å². The average molecular weight is 463 g/mol. The molecule has 2 aromatic rings. The molecule has 0 spiro atoms. The normalized spacial score (nSPS) is 16.7. The lowest BCUT2D eigenvalue weighted by Gasteiger charge is -2.29. The molecule has 2 N–H and O–H groups in total. The highest BCUT2D eigenvalue weighted by molar-refractivity contribution is 6.35. The highest BCUT2D eigenvalue weighted by Crippen LogP contribution is 2.33. The van der Waals surface area contributed by atoms with Crippen LogP contribution in [0.5, 0.6) is 0 Å². The van der Waals surface area contributed by atoms with E-state index in [-0.39, 0.29) is 18.1 Å². The first-order valence-electron chi connectivity index (χ1n) is 11.0. The second kappa shape index (κ2) is 9.53. The van der Waals surface area contributed by atoms with E-state index in [0.29, 0.717) is 41.3 Å². The number of carbonyl (C=O) groups excluding carboxylic acids is 1. The summed E-state index contributed by atoms with van der Waals surface area (Å²) in [6.07, 6.45) is 8.06. The van der Waals surface area contributed by atoms with E-state index in [9.17, 15) is 9.59 Å². The van der Waals surface area contributed by atoms with Crippen LogP contribution in [0, 0.1) is 5.92 Å². The van der Waals surface area contributed by atoms with Crippen molar-refractivity contribution in [2.75, 3.05) is 24.5 Å². The van der Waals surface area contributed by atoms with Gasteiger partial charge in [0, 0.05) is 29.7 Å². The van der Waals surface area contributed by atoms with Crippen molar-refractivity contribution in [3.05, 3.63) is 50.0 Å². The van der Waals surface area contributed by atoms with E-state index in [4.69, 9.17) is 23.2 Å². The van der Waals surface area contributed by atoms with Crippen molar-refractivity contribution in [3.63, 3.8) is 0 Å². The standard InChI is InChI=1S/C23H28Cl2N4O2/c1-2-28-13-17(16-8-18(24)11-19(25)9-16)10-20-22(28)29(23(31)27-20)14-21(30)26-12-15-6-4-3-5-7-15/h8-11,15H,2-7,12-14H2,1H3,(H,26,30)(H,27,31). The maximum absolute atomic E-state index is 12.7. The first-order valence-corrected chi connectivity index (χ1v) is 11.7. The van der Waals surface area contributed by atoms with Crippen LogP contribution in [0.4, 0.5) is 5.82 Å². The maximum atomic E-state index is 12.7. The number of aromatic nitrogens is 2. The molecule has 1 aliphatic carbocycles. The maximum Gasteiger partial charge on any atom is 0.328 e. The van der Waals surface area contributed by atoms with Crippen LogP contribution >= 0.6 is 23.2 Å². The Morgan fingerprint density at radius 3 is 2.55 bits per heavy atom. The summed E-state index contributed by atoms with van der Waals surface area (Å²) >= 11 is 12.4. The molecule has 1 aliphatic heterocycles. The zero-order chi connectivity index (χ0) is 22.0. The molecule has 31 heavy (non-hydrogen) atoms. The van der Waals surface area contributed by atoms with Gasteiger partial charge >= 0.3 is 5.69 Å². The van der Waals surface area contributed by atoms with Gasteiger partial charge < -0.3 is 15.2 Å². The van der Waals surface area contributed by atoms with Crippen LogP contribution in [0.1, 0.15) is 50.3 Å². The number of amides is 1. The number of rotatable bonds is 6. The number of halogens is 2. The van der Waals surface area contributed by atoms with Crippen LogP contribution in [0.2, 0.25) is 10.0 Å². The zero-order valence-corrected chi connectivity index (χ0v) is 19.2. The number of H-pyrrole nitrogens is 1. The van der Waals surface area contributed by atoms with Crippen molar-refractivity contribution in [3.8, 4) is 0 Å². The van der Waals surface area contributed by atoms with E-state index in [1.165, 1.54) is 36.7 Å². The van der Waals surface area contributed by atoms with Crippen molar-refractivity contribution >= 4 is 46.6 Å². The predicted octanol–water partition coefficient (Wildman–Crippen LogP) is 4.56. The summed E-state index contributed by atoms with van der Waals surface area (Å²) in [5.41, 5.74) is 2.34. The highest BCUT2D eigenvalue weighted by atomic mass is 35.5. The minimum absolute atomic E-state index is 0.0139. The number of likely N-dealkylation sites (N-methyl/N-ethyl adjacent to an activating group) is 1. The summed E-state index contributed by atoms with van der Waals surface area (Å²) in [6, 6.07) is 5.43. The van der Waals surface area contributed by atoms with E-state index < -0.39 is 0 Å². The summed E-state index contributed by atoms with van der Waals surface area (Å²) in [6.45, 7) is 4.03. The smallest absolute Gasteiger partial charge is 0.328 e. The molecule has 6 nitrogen and oxygen atoms in total. The van der Waals surface area contributed by atoms with Gasteiger partial charge in [-0.3, -0.25) is 9.36 Å². The van der Waals surface area contributed by atoms with Crippen LogP contribution in [-0.2, 0) is 11.3 Å². The lowest BCUT2D eigenvalue weighted by atomic mass is 9.89. The summed E-state index contributed by atoms with van der Waals surface area (Å²) in [5, 5.41) is 4.16. The van der Waals surface area contributed by atoms with Crippen molar-refractivity contribution in [2.24, 2.45) is 5.92 Å². The van der Waals surface area contributed by atoms with Gasteiger partial charge in [0.2, 0.25) is 5.91 Å². The fraction of sp³-hybridized carbons (Fsp3) is 0.478. The fourth-order valence-electron chi connectivity index (χ4n) is 4.59. The molecule has 1 aromatic carbocycles. The van der Waals surface area contributed by atoms with Crippen molar-refractivity contribution < 1.29 is 4.79 Å². The number of carbonyl (C=O) groups is 1. The molecule has 1 fully saturated rings. The minimum atomic E-state index is -0.280. The number of aromatic amines is 1. The number of hydrogen-bond donors (Lipinski definition) is 2. The quantitative estimate of drug-likeness (QED) is 0.660. The SMILES string of the molecule is CCN1CC(c2cc(Cl)cc(Cl)c2)=Cc2[nH]c(=O)n(CC(=O)NCC3CCCCC3)c21. The topological polar surface area (TPSA) is 70.1 Å². The van der Waals surface area contributed by atoms with Crippen LogP contribution in [0.15, 0.2) is 23.0 Å². The van der Waals surface area contributed by atoms with Gasteiger partial charge in [0.1, 0.15) is 12.4 Å². The number of anilines is 1. The molecule has 0 radical (unpaired) electrons. The fourth-order valence-corrected chi connectivity index (χ4v) is 5.12. The van der Waals surface area contributed by atoms with E-state index in [1.54, 1.807) is 6.07 Å². The van der Waals surface area contributed by atoms with Gasteiger partial charge in [-0.05, 0) is 61.1 Å². The van der Waals surface area contributed by atoms with Gasteiger partial charge in [-0.1, -0.05) is 42.5 Å². The Morgan fingerprint density at radius 2 is 1.87 bits per heavy atom. The number of nitrogens with one attached hydrogen (secondary N) is 2.